The minimum atomic E-state index is 0.931. The van der Waals surface area contributed by atoms with E-state index in [2.05, 4.69) is 45.2 Å². The SMILES string of the molecule is C(=C\c1ccncn1)/c1ccc(N2CCCCC2)cc1. The van der Waals surface area contributed by atoms with Gasteiger partial charge in [-0.05, 0) is 49.1 Å². The summed E-state index contributed by atoms with van der Waals surface area (Å²) in [5.74, 6) is 0. The van der Waals surface area contributed by atoms with E-state index in [9.17, 15) is 0 Å². The van der Waals surface area contributed by atoms with Gasteiger partial charge in [-0.1, -0.05) is 18.2 Å². The van der Waals surface area contributed by atoms with E-state index < -0.39 is 0 Å². The predicted octanol–water partition coefficient (Wildman–Crippen LogP) is 3.64. The van der Waals surface area contributed by atoms with Gasteiger partial charge in [-0.2, -0.15) is 0 Å². The molecule has 0 radical (unpaired) electrons. The van der Waals surface area contributed by atoms with E-state index in [0.29, 0.717) is 0 Å². The number of benzene rings is 1. The standard InChI is InChI=1S/C17H19N3/c1-2-12-20(13-3-1)17-8-5-15(6-9-17)4-7-16-10-11-18-14-19-16/h4-11,14H,1-3,12-13H2/b7-4+. The Kier molecular flexibility index (Phi) is 4.07. The Bertz CT molecular complexity index is 555. The Morgan fingerprint density at radius 1 is 0.900 bits per heavy atom. The zero-order chi connectivity index (χ0) is 13.6. The van der Waals surface area contributed by atoms with Gasteiger partial charge in [0.05, 0.1) is 5.69 Å². The lowest BCUT2D eigenvalue weighted by Crippen LogP contribution is -2.29. The number of aromatic nitrogens is 2. The summed E-state index contributed by atoms with van der Waals surface area (Å²) in [6, 6.07) is 10.7. The molecule has 102 valence electrons. The zero-order valence-electron chi connectivity index (χ0n) is 11.6. The normalized spacial score (nSPS) is 15.7. The second-order valence-electron chi connectivity index (χ2n) is 5.11. The highest BCUT2D eigenvalue weighted by Crippen LogP contribution is 2.20. The minimum Gasteiger partial charge on any atom is -0.372 e. The Morgan fingerprint density at radius 2 is 1.70 bits per heavy atom. The van der Waals surface area contributed by atoms with Crippen LogP contribution in [0.4, 0.5) is 5.69 Å². The number of hydrogen-bond acceptors (Lipinski definition) is 3. The average molecular weight is 265 g/mol. The molecule has 3 nitrogen and oxygen atoms in total. The summed E-state index contributed by atoms with van der Waals surface area (Å²) in [7, 11) is 0. The summed E-state index contributed by atoms with van der Waals surface area (Å²) in [6.07, 6.45) is 11.4. The monoisotopic (exact) mass is 265 g/mol. The summed E-state index contributed by atoms with van der Waals surface area (Å²) in [5.41, 5.74) is 3.47. The van der Waals surface area contributed by atoms with Gasteiger partial charge in [0.2, 0.25) is 0 Å². The summed E-state index contributed by atoms with van der Waals surface area (Å²) < 4.78 is 0. The molecule has 20 heavy (non-hydrogen) atoms. The lowest BCUT2D eigenvalue weighted by molar-refractivity contribution is 0.578. The number of nitrogens with zero attached hydrogens (tertiary/aromatic N) is 3. The Morgan fingerprint density at radius 3 is 2.40 bits per heavy atom. The maximum atomic E-state index is 4.18. The molecule has 0 unspecified atom stereocenters. The molecule has 0 amide bonds. The summed E-state index contributed by atoms with van der Waals surface area (Å²) >= 11 is 0. The van der Waals surface area contributed by atoms with Crippen molar-refractivity contribution in [3.8, 4) is 0 Å². The van der Waals surface area contributed by atoms with Crippen molar-refractivity contribution in [3.05, 3.63) is 54.1 Å². The average Bonchev–Trinajstić information content (AvgIpc) is 2.55. The summed E-state index contributed by atoms with van der Waals surface area (Å²) in [4.78, 5) is 10.6. The third-order valence-electron chi connectivity index (χ3n) is 3.67. The molecule has 1 aliphatic heterocycles. The lowest BCUT2D eigenvalue weighted by atomic mass is 10.1. The maximum Gasteiger partial charge on any atom is 0.115 e. The first-order valence-corrected chi connectivity index (χ1v) is 7.21. The molecule has 0 atom stereocenters. The first kappa shape index (κ1) is 12.9. The molecule has 3 rings (SSSR count). The van der Waals surface area contributed by atoms with Crippen molar-refractivity contribution >= 4 is 17.8 Å². The molecule has 1 aromatic heterocycles. The second-order valence-corrected chi connectivity index (χ2v) is 5.11. The number of rotatable bonds is 3. The van der Waals surface area contributed by atoms with Gasteiger partial charge in [-0.3, -0.25) is 0 Å². The Balaban J connectivity index is 1.68. The van der Waals surface area contributed by atoms with Crippen LogP contribution in [0.1, 0.15) is 30.5 Å². The summed E-state index contributed by atoms with van der Waals surface area (Å²) in [6.45, 7) is 2.38. The van der Waals surface area contributed by atoms with Gasteiger partial charge in [-0.15, -0.1) is 0 Å². The first-order valence-electron chi connectivity index (χ1n) is 7.21. The van der Waals surface area contributed by atoms with E-state index in [1.54, 1.807) is 12.5 Å². The molecule has 1 saturated heterocycles. The van der Waals surface area contributed by atoms with Crippen molar-refractivity contribution in [2.45, 2.75) is 19.3 Å². The topological polar surface area (TPSA) is 29.0 Å². The number of hydrogen-bond donors (Lipinski definition) is 0. The smallest absolute Gasteiger partial charge is 0.115 e. The van der Waals surface area contributed by atoms with Crippen LogP contribution in [0, 0.1) is 0 Å². The number of piperidine rings is 1. The van der Waals surface area contributed by atoms with Crippen molar-refractivity contribution in [3.63, 3.8) is 0 Å². The van der Waals surface area contributed by atoms with Crippen LogP contribution in [-0.4, -0.2) is 23.1 Å². The largest absolute Gasteiger partial charge is 0.372 e. The fourth-order valence-electron chi connectivity index (χ4n) is 2.53. The molecule has 1 aliphatic rings. The van der Waals surface area contributed by atoms with Gasteiger partial charge >= 0.3 is 0 Å². The third-order valence-corrected chi connectivity index (χ3v) is 3.67. The molecule has 0 saturated carbocycles. The van der Waals surface area contributed by atoms with E-state index in [-0.39, 0.29) is 0 Å². The van der Waals surface area contributed by atoms with E-state index in [4.69, 9.17) is 0 Å². The highest BCUT2D eigenvalue weighted by atomic mass is 15.1. The quantitative estimate of drug-likeness (QED) is 0.848. The fourth-order valence-corrected chi connectivity index (χ4v) is 2.53. The van der Waals surface area contributed by atoms with Crippen LogP contribution in [-0.2, 0) is 0 Å². The summed E-state index contributed by atoms with van der Waals surface area (Å²) in [5, 5.41) is 0. The molecule has 2 heterocycles. The van der Waals surface area contributed by atoms with Gasteiger partial charge in [0.25, 0.3) is 0 Å². The van der Waals surface area contributed by atoms with Gasteiger partial charge < -0.3 is 4.90 Å². The highest BCUT2D eigenvalue weighted by Gasteiger charge is 2.09. The second kappa shape index (κ2) is 6.33. The van der Waals surface area contributed by atoms with Crippen molar-refractivity contribution in [2.24, 2.45) is 0 Å². The van der Waals surface area contributed by atoms with Crippen molar-refractivity contribution in [1.29, 1.82) is 0 Å². The van der Waals surface area contributed by atoms with E-state index in [0.717, 1.165) is 5.69 Å². The third kappa shape index (κ3) is 3.23. The molecular weight excluding hydrogens is 246 g/mol. The lowest BCUT2D eigenvalue weighted by Gasteiger charge is -2.28. The van der Waals surface area contributed by atoms with Gasteiger partial charge in [0, 0.05) is 25.0 Å². The molecule has 3 heteroatoms. The van der Waals surface area contributed by atoms with Crippen LogP contribution in [0.25, 0.3) is 12.2 Å². The van der Waals surface area contributed by atoms with Crippen LogP contribution in [0.15, 0.2) is 42.9 Å². The van der Waals surface area contributed by atoms with Crippen molar-refractivity contribution in [2.75, 3.05) is 18.0 Å². The van der Waals surface area contributed by atoms with E-state index >= 15 is 0 Å². The molecule has 0 bridgehead atoms. The Labute approximate surface area is 120 Å². The molecule has 1 aromatic carbocycles. The number of anilines is 1. The molecule has 0 aliphatic carbocycles. The predicted molar refractivity (Wildman–Crippen MR) is 83.5 cm³/mol. The zero-order valence-corrected chi connectivity index (χ0v) is 11.6. The van der Waals surface area contributed by atoms with Gasteiger partial charge in [0.1, 0.15) is 6.33 Å². The van der Waals surface area contributed by atoms with Crippen LogP contribution in [0.5, 0.6) is 0 Å². The molecule has 2 aromatic rings. The van der Waals surface area contributed by atoms with E-state index in [1.807, 2.05) is 12.1 Å². The fraction of sp³-hybridized carbons (Fsp3) is 0.294. The molecule has 1 fully saturated rings. The maximum absolute atomic E-state index is 4.18. The first-order chi connectivity index (χ1) is 9.92. The molecular formula is C17H19N3. The van der Waals surface area contributed by atoms with Crippen LogP contribution in [0.3, 0.4) is 0 Å². The molecule has 0 spiro atoms. The van der Waals surface area contributed by atoms with Crippen molar-refractivity contribution < 1.29 is 0 Å². The van der Waals surface area contributed by atoms with Crippen LogP contribution >= 0.6 is 0 Å². The highest BCUT2D eigenvalue weighted by molar-refractivity contribution is 5.68. The van der Waals surface area contributed by atoms with Gasteiger partial charge in [0.15, 0.2) is 0 Å². The van der Waals surface area contributed by atoms with Crippen LogP contribution in [0.2, 0.25) is 0 Å². The minimum absolute atomic E-state index is 0.931. The Hall–Kier alpha value is -2.16. The van der Waals surface area contributed by atoms with Gasteiger partial charge in [-0.25, -0.2) is 9.97 Å². The van der Waals surface area contributed by atoms with E-state index in [1.165, 1.54) is 43.6 Å². The van der Waals surface area contributed by atoms with Crippen LogP contribution < -0.4 is 4.90 Å². The van der Waals surface area contributed by atoms with Crippen molar-refractivity contribution in [1.82, 2.24) is 9.97 Å². The molecule has 0 N–H and O–H groups in total.